The average Bonchev–Trinajstić information content (AvgIpc) is 2.39. The van der Waals surface area contributed by atoms with Crippen LogP contribution in [-0.4, -0.2) is 33.8 Å². The second-order valence-corrected chi connectivity index (χ2v) is 5.42. The first-order valence-corrected chi connectivity index (χ1v) is 7.82. The Hall–Kier alpha value is -0.460. The van der Waals surface area contributed by atoms with Gasteiger partial charge in [0.25, 0.3) is 5.91 Å². The van der Waals surface area contributed by atoms with Crippen LogP contribution >= 0.6 is 34.6 Å². The molecule has 1 heterocycles. The summed E-state index contributed by atoms with van der Waals surface area (Å²) in [6, 6.07) is 1.70. The highest BCUT2D eigenvalue weighted by Crippen LogP contribution is 2.27. The number of alkyl halides is 1. The number of pyridine rings is 1. The number of hydrogen-bond donors (Lipinski definition) is 2. The molecule has 9 heteroatoms. The highest BCUT2D eigenvalue weighted by atomic mass is 127. The second kappa shape index (κ2) is 8.74. The molecule has 0 fully saturated rings. The number of aryl methyl sites for hydroxylation is 2. The van der Waals surface area contributed by atoms with Crippen LogP contribution in [0.4, 0.5) is 5.82 Å². The number of nitrogens with zero attached hydrogens (tertiary/aromatic N) is 1. The summed E-state index contributed by atoms with van der Waals surface area (Å²) in [6.45, 7) is 3.59. The summed E-state index contributed by atoms with van der Waals surface area (Å²) in [7, 11) is 1.48. The van der Waals surface area contributed by atoms with Gasteiger partial charge in [0.1, 0.15) is 11.9 Å². The van der Waals surface area contributed by atoms with Gasteiger partial charge in [-0.05, 0) is 25.5 Å². The molecular weight excluding hydrogens is 399 g/mol. The zero-order valence-electron chi connectivity index (χ0n) is 11.2. The van der Waals surface area contributed by atoms with Crippen LogP contribution in [0.25, 0.3) is 0 Å². The van der Waals surface area contributed by atoms with Crippen molar-refractivity contribution in [1.29, 1.82) is 0 Å². The number of anilines is 1. The molecule has 0 saturated heterocycles. The van der Waals surface area contributed by atoms with Crippen LogP contribution in [-0.2, 0) is 18.9 Å². The third-order valence-corrected chi connectivity index (χ3v) is 4.16. The van der Waals surface area contributed by atoms with E-state index in [1.165, 1.54) is 7.11 Å². The lowest BCUT2D eigenvalue weighted by molar-refractivity contribution is -0.432. The number of rotatable bonds is 7. The van der Waals surface area contributed by atoms with E-state index >= 15 is 0 Å². The summed E-state index contributed by atoms with van der Waals surface area (Å²) in [5, 5.41) is 14.4. The maximum absolute atomic E-state index is 11.9. The number of methoxy groups -OCH3 is 1. The quantitative estimate of drug-likeness (QED) is 0.233. The number of ether oxygens (including phenoxy) is 1. The molecule has 1 aromatic rings. The van der Waals surface area contributed by atoms with E-state index in [1.807, 2.05) is 6.92 Å². The van der Waals surface area contributed by atoms with Gasteiger partial charge in [0, 0.05) is 11.5 Å². The highest BCUT2D eigenvalue weighted by molar-refractivity contribution is 14.1. The van der Waals surface area contributed by atoms with Crippen LogP contribution in [0, 0.1) is 13.8 Å². The maximum atomic E-state index is 11.9. The molecule has 1 atom stereocenters. The number of hydrogen-bond acceptors (Lipinski definition) is 7. The topological polar surface area (TPSA) is 89.9 Å². The van der Waals surface area contributed by atoms with E-state index in [4.69, 9.17) is 9.99 Å². The number of carbonyl (C=O) groups excluding carboxylic acids is 1. The zero-order valence-corrected chi connectivity index (χ0v) is 14.1. The zero-order chi connectivity index (χ0) is 15.1. The summed E-state index contributed by atoms with van der Waals surface area (Å²) in [5.74, 6) is 0.190. The SMILES string of the molecule is COC(CI)C(=O)Nc1cc(C)c(SOOO)c(C)n1. The first-order valence-electron chi connectivity index (χ1n) is 5.56. The van der Waals surface area contributed by atoms with Crippen molar-refractivity contribution in [3.63, 3.8) is 0 Å². The van der Waals surface area contributed by atoms with Crippen molar-refractivity contribution >= 4 is 46.4 Å². The van der Waals surface area contributed by atoms with E-state index in [2.05, 4.69) is 42.3 Å². The maximum Gasteiger partial charge on any atom is 0.255 e. The fourth-order valence-electron chi connectivity index (χ4n) is 1.51. The van der Waals surface area contributed by atoms with Gasteiger partial charge in [-0.1, -0.05) is 27.6 Å². The lowest BCUT2D eigenvalue weighted by atomic mass is 10.2. The normalized spacial score (nSPS) is 12.2. The van der Waals surface area contributed by atoms with Gasteiger partial charge in [-0.2, -0.15) is 0 Å². The number of aromatic nitrogens is 1. The Morgan fingerprint density at radius 3 is 2.80 bits per heavy atom. The predicted molar refractivity (Wildman–Crippen MR) is 82.7 cm³/mol. The average molecular weight is 414 g/mol. The van der Waals surface area contributed by atoms with Crippen LogP contribution in [0.3, 0.4) is 0 Å². The fourth-order valence-corrected chi connectivity index (χ4v) is 2.72. The summed E-state index contributed by atoms with van der Waals surface area (Å²) in [6.07, 6.45) is -0.516. The molecule has 0 radical (unpaired) electrons. The lowest BCUT2D eigenvalue weighted by Gasteiger charge is -2.14. The number of halogens is 1. The fraction of sp³-hybridized carbons (Fsp3) is 0.455. The number of carbonyl (C=O) groups is 1. The van der Waals surface area contributed by atoms with Gasteiger partial charge < -0.3 is 10.1 Å². The number of nitrogens with one attached hydrogen (secondary N) is 1. The molecule has 7 nitrogen and oxygen atoms in total. The first-order chi connectivity index (χ1) is 9.53. The van der Waals surface area contributed by atoms with Crippen LogP contribution in [0.5, 0.6) is 0 Å². The molecule has 20 heavy (non-hydrogen) atoms. The van der Waals surface area contributed by atoms with Gasteiger partial charge in [0.15, 0.2) is 0 Å². The molecule has 1 aromatic heterocycles. The molecule has 0 aliphatic carbocycles. The molecule has 1 amide bonds. The minimum absolute atomic E-state index is 0.247. The van der Waals surface area contributed by atoms with Gasteiger partial charge in [-0.25, -0.2) is 10.2 Å². The molecule has 112 valence electrons. The summed E-state index contributed by atoms with van der Waals surface area (Å²) in [5.41, 5.74) is 1.48. The van der Waals surface area contributed by atoms with Crippen molar-refractivity contribution in [2.45, 2.75) is 24.8 Å². The molecule has 0 aliphatic heterocycles. The van der Waals surface area contributed by atoms with Crippen LogP contribution < -0.4 is 5.32 Å². The van der Waals surface area contributed by atoms with Crippen LogP contribution in [0.2, 0.25) is 0 Å². The van der Waals surface area contributed by atoms with Crippen LogP contribution in [0.15, 0.2) is 11.0 Å². The molecular formula is C11H15IN2O5S. The van der Waals surface area contributed by atoms with Crippen molar-refractivity contribution in [3.05, 3.63) is 17.3 Å². The van der Waals surface area contributed by atoms with Crippen molar-refractivity contribution in [3.8, 4) is 0 Å². The Labute approximate surface area is 134 Å². The Kier molecular flexibility index (Phi) is 7.69. The Morgan fingerprint density at radius 1 is 1.60 bits per heavy atom. The summed E-state index contributed by atoms with van der Waals surface area (Å²) in [4.78, 5) is 16.8. The van der Waals surface area contributed by atoms with Crippen molar-refractivity contribution in [2.24, 2.45) is 0 Å². The third kappa shape index (κ3) is 4.82. The predicted octanol–water partition coefficient (Wildman–Crippen LogP) is 2.52. The molecule has 0 aromatic carbocycles. The lowest BCUT2D eigenvalue weighted by Crippen LogP contribution is -2.31. The molecule has 1 rings (SSSR count). The Balaban J connectivity index is 2.85. The highest BCUT2D eigenvalue weighted by Gasteiger charge is 2.18. The van der Waals surface area contributed by atoms with Gasteiger partial charge >= 0.3 is 0 Å². The standard InChI is InChI=1S/C11H15IN2O5S/c1-6-4-9(14-11(15)8(5-12)17-3)13-7(2)10(6)20-19-18-16/h4,8,16H,5H2,1-3H3,(H,13,14,15). The molecule has 0 bridgehead atoms. The largest absolute Gasteiger partial charge is 0.371 e. The van der Waals surface area contributed by atoms with Crippen molar-refractivity contribution in [2.75, 3.05) is 16.9 Å². The molecule has 1 unspecified atom stereocenters. The number of amides is 1. The molecule has 0 aliphatic rings. The molecule has 2 N–H and O–H groups in total. The van der Waals surface area contributed by atoms with E-state index in [0.717, 1.165) is 17.6 Å². The molecule has 0 spiro atoms. The van der Waals surface area contributed by atoms with E-state index in [-0.39, 0.29) is 5.91 Å². The van der Waals surface area contributed by atoms with Crippen molar-refractivity contribution < 1.29 is 24.2 Å². The second-order valence-electron chi connectivity index (χ2n) is 3.83. The Morgan fingerprint density at radius 2 is 2.30 bits per heavy atom. The van der Waals surface area contributed by atoms with Crippen LogP contribution in [0.1, 0.15) is 11.3 Å². The van der Waals surface area contributed by atoms with Crippen molar-refractivity contribution in [1.82, 2.24) is 4.98 Å². The summed E-state index contributed by atoms with van der Waals surface area (Å²) >= 11 is 2.92. The third-order valence-electron chi connectivity index (χ3n) is 2.44. The Bertz CT molecular complexity index is 447. The van der Waals surface area contributed by atoms with E-state index < -0.39 is 6.10 Å². The van der Waals surface area contributed by atoms with E-state index in [0.29, 0.717) is 20.8 Å². The van der Waals surface area contributed by atoms with E-state index in [1.54, 1.807) is 13.0 Å². The molecule has 0 saturated carbocycles. The minimum Gasteiger partial charge on any atom is -0.371 e. The van der Waals surface area contributed by atoms with Gasteiger partial charge in [0.05, 0.1) is 22.6 Å². The minimum atomic E-state index is -0.516. The van der Waals surface area contributed by atoms with Gasteiger partial charge in [-0.15, -0.1) is 4.33 Å². The smallest absolute Gasteiger partial charge is 0.255 e. The van der Waals surface area contributed by atoms with Gasteiger partial charge in [0.2, 0.25) is 0 Å². The van der Waals surface area contributed by atoms with Gasteiger partial charge in [-0.3, -0.25) is 4.79 Å². The monoisotopic (exact) mass is 414 g/mol. The summed E-state index contributed by atoms with van der Waals surface area (Å²) < 4.78 is 10.0. The van der Waals surface area contributed by atoms with E-state index in [9.17, 15) is 4.79 Å². The first kappa shape index (κ1) is 17.6.